The number of thiazole rings is 1. The predicted octanol–water partition coefficient (Wildman–Crippen LogP) is 3.83. The zero-order valence-electron chi connectivity index (χ0n) is 13.7. The number of rotatable bonds is 5. The Morgan fingerprint density at radius 1 is 1.24 bits per heavy atom. The first-order valence-electron chi connectivity index (χ1n) is 7.55. The molecule has 2 heterocycles. The molecule has 0 saturated carbocycles. The Bertz CT molecular complexity index is 910. The van der Waals surface area contributed by atoms with Gasteiger partial charge in [0, 0.05) is 15.5 Å². The van der Waals surface area contributed by atoms with E-state index >= 15 is 0 Å². The van der Waals surface area contributed by atoms with E-state index in [1.54, 1.807) is 17.5 Å². The number of aryl methyl sites for hydroxylation is 1. The molecule has 1 aromatic carbocycles. The van der Waals surface area contributed by atoms with Gasteiger partial charge in [-0.25, -0.2) is 9.97 Å². The van der Waals surface area contributed by atoms with Crippen molar-refractivity contribution in [3.63, 3.8) is 0 Å². The molecule has 25 heavy (non-hydrogen) atoms. The molecular weight excluding hydrogens is 358 g/mol. The third-order valence-corrected chi connectivity index (χ3v) is 4.96. The van der Waals surface area contributed by atoms with Gasteiger partial charge in [0.25, 0.3) is 5.91 Å². The van der Waals surface area contributed by atoms with Gasteiger partial charge in [-0.05, 0) is 26.0 Å². The van der Waals surface area contributed by atoms with Gasteiger partial charge in [0.05, 0.1) is 24.1 Å². The number of anilines is 1. The van der Waals surface area contributed by atoms with Crippen molar-refractivity contribution in [2.45, 2.75) is 19.9 Å². The number of aromatic nitrogens is 3. The lowest BCUT2D eigenvalue weighted by Crippen LogP contribution is -2.15. The average Bonchev–Trinajstić information content (AvgIpc) is 2.98. The van der Waals surface area contributed by atoms with Gasteiger partial charge >= 0.3 is 0 Å². The van der Waals surface area contributed by atoms with E-state index < -0.39 is 5.91 Å². The minimum atomic E-state index is -0.612. The van der Waals surface area contributed by atoms with Crippen LogP contribution in [0.15, 0.2) is 36.7 Å². The van der Waals surface area contributed by atoms with E-state index in [4.69, 9.17) is 22.3 Å². The van der Waals surface area contributed by atoms with Gasteiger partial charge in [-0.1, -0.05) is 23.7 Å². The molecule has 0 aliphatic heterocycles. The van der Waals surface area contributed by atoms with Crippen LogP contribution in [0.5, 0.6) is 0 Å². The first kappa shape index (κ1) is 17.3. The molecule has 1 unspecified atom stereocenters. The molecule has 0 aliphatic carbocycles. The largest absolute Gasteiger partial charge is 0.364 e. The second-order valence-corrected chi connectivity index (χ2v) is 7.15. The van der Waals surface area contributed by atoms with Crippen molar-refractivity contribution < 1.29 is 4.79 Å². The van der Waals surface area contributed by atoms with Crippen LogP contribution in [0.25, 0.3) is 11.3 Å². The number of nitrogens with one attached hydrogen (secondary N) is 1. The first-order valence-corrected chi connectivity index (χ1v) is 8.75. The molecule has 6 nitrogen and oxygen atoms in total. The quantitative estimate of drug-likeness (QED) is 0.708. The second-order valence-electron chi connectivity index (χ2n) is 5.48. The molecule has 0 bridgehead atoms. The summed E-state index contributed by atoms with van der Waals surface area (Å²) in [4.78, 5) is 25.2. The summed E-state index contributed by atoms with van der Waals surface area (Å²) in [6, 6.07) is 7.51. The van der Waals surface area contributed by atoms with E-state index in [1.165, 1.54) is 6.20 Å². The highest BCUT2D eigenvalue weighted by atomic mass is 35.5. The van der Waals surface area contributed by atoms with Gasteiger partial charge < -0.3 is 11.1 Å². The molecule has 0 radical (unpaired) electrons. The maximum Gasteiger partial charge on any atom is 0.268 e. The number of hydrogen-bond donors (Lipinski definition) is 2. The summed E-state index contributed by atoms with van der Waals surface area (Å²) in [6.45, 7) is 4.01. The minimum Gasteiger partial charge on any atom is -0.364 e. The molecule has 3 aromatic rings. The Morgan fingerprint density at radius 3 is 2.64 bits per heavy atom. The Kier molecular flexibility index (Phi) is 4.96. The van der Waals surface area contributed by atoms with Crippen molar-refractivity contribution in [3.05, 3.63) is 57.3 Å². The van der Waals surface area contributed by atoms with Gasteiger partial charge in [-0.3, -0.25) is 9.78 Å². The Morgan fingerprint density at radius 2 is 1.96 bits per heavy atom. The maximum absolute atomic E-state index is 11.2. The lowest BCUT2D eigenvalue weighted by molar-refractivity contribution is 0.0995. The van der Waals surface area contributed by atoms with Crippen molar-refractivity contribution in [2.75, 3.05) is 5.32 Å². The zero-order valence-corrected chi connectivity index (χ0v) is 15.2. The number of primary amides is 1. The molecule has 128 valence electrons. The first-order chi connectivity index (χ1) is 11.9. The highest BCUT2D eigenvalue weighted by Crippen LogP contribution is 2.32. The predicted molar refractivity (Wildman–Crippen MR) is 99.9 cm³/mol. The van der Waals surface area contributed by atoms with Crippen LogP contribution in [-0.4, -0.2) is 20.9 Å². The van der Waals surface area contributed by atoms with Crippen molar-refractivity contribution in [1.29, 1.82) is 0 Å². The van der Waals surface area contributed by atoms with Crippen LogP contribution in [0.2, 0.25) is 5.02 Å². The number of nitrogens with two attached hydrogens (primary N) is 1. The Labute approximate surface area is 154 Å². The molecule has 1 amide bonds. The number of halogens is 1. The van der Waals surface area contributed by atoms with Crippen molar-refractivity contribution in [2.24, 2.45) is 5.73 Å². The maximum atomic E-state index is 11.2. The molecule has 0 spiro atoms. The lowest BCUT2D eigenvalue weighted by Gasteiger charge is -2.11. The fraction of sp³-hybridized carbons (Fsp3) is 0.176. The van der Waals surface area contributed by atoms with Crippen LogP contribution < -0.4 is 11.1 Å². The van der Waals surface area contributed by atoms with E-state index in [0.717, 1.165) is 21.1 Å². The molecule has 8 heteroatoms. The minimum absolute atomic E-state index is 0.0952. The zero-order chi connectivity index (χ0) is 18.0. The number of carbonyl (C=O) groups is 1. The fourth-order valence-electron chi connectivity index (χ4n) is 2.32. The number of amides is 1. The van der Waals surface area contributed by atoms with Crippen LogP contribution in [0.3, 0.4) is 0 Å². The highest BCUT2D eigenvalue weighted by Gasteiger charge is 2.16. The molecular formula is C17H16ClN5OS. The average molecular weight is 374 g/mol. The number of hydrogen-bond acceptors (Lipinski definition) is 6. The highest BCUT2D eigenvalue weighted by molar-refractivity contribution is 7.12. The number of benzene rings is 1. The van der Waals surface area contributed by atoms with Crippen LogP contribution in [-0.2, 0) is 0 Å². The lowest BCUT2D eigenvalue weighted by atomic mass is 10.1. The van der Waals surface area contributed by atoms with Gasteiger partial charge in [0.1, 0.15) is 16.5 Å². The smallest absolute Gasteiger partial charge is 0.268 e. The van der Waals surface area contributed by atoms with E-state index in [2.05, 4.69) is 15.3 Å². The summed E-state index contributed by atoms with van der Waals surface area (Å²) in [7, 11) is 0. The van der Waals surface area contributed by atoms with Crippen LogP contribution in [0.4, 0.5) is 5.82 Å². The SMILES string of the molecule is Cc1sc(C(C)Nc2cncc(C(N)=O)n2)nc1-c1ccc(Cl)cc1. The van der Waals surface area contributed by atoms with E-state index in [1.807, 2.05) is 38.1 Å². The summed E-state index contributed by atoms with van der Waals surface area (Å²) in [5, 5.41) is 4.81. The topological polar surface area (TPSA) is 93.8 Å². The third-order valence-electron chi connectivity index (χ3n) is 3.55. The van der Waals surface area contributed by atoms with Gasteiger partial charge in [0.15, 0.2) is 0 Å². The molecule has 0 fully saturated rings. The van der Waals surface area contributed by atoms with Crippen molar-refractivity contribution in [3.8, 4) is 11.3 Å². The van der Waals surface area contributed by atoms with E-state index in [0.29, 0.717) is 10.8 Å². The van der Waals surface area contributed by atoms with Gasteiger partial charge in [0.2, 0.25) is 0 Å². The van der Waals surface area contributed by atoms with Gasteiger partial charge in [-0.15, -0.1) is 11.3 Å². The second kappa shape index (κ2) is 7.16. The summed E-state index contributed by atoms with van der Waals surface area (Å²) < 4.78 is 0. The summed E-state index contributed by atoms with van der Waals surface area (Å²) >= 11 is 7.55. The molecule has 0 aliphatic rings. The van der Waals surface area contributed by atoms with E-state index in [9.17, 15) is 4.79 Å². The monoisotopic (exact) mass is 373 g/mol. The number of nitrogens with zero attached hydrogens (tertiary/aromatic N) is 3. The standard InChI is InChI=1S/C17H16ClN5OS/c1-9(21-14-8-20-7-13(22-14)16(19)24)17-23-15(10(2)25-17)11-3-5-12(18)6-4-11/h3-9H,1-2H3,(H2,19,24)(H,21,22). The molecule has 3 rings (SSSR count). The molecule has 0 saturated heterocycles. The van der Waals surface area contributed by atoms with Crippen LogP contribution in [0, 0.1) is 6.92 Å². The Balaban J connectivity index is 1.82. The summed E-state index contributed by atoms with van der Waals surface area (Å²) in [5.41, 5.74) is 7.31. The van der Waals surface area contributed by atoms with Crippen molar-refractivity contribution in [1.82, 2.24) is 15.0 Å². The van der Waals surface area contributed by atoms with Crippen LogP contribution >= 0.6 is 22.9 Å². The summed E-state index contributed by atoms with van der Waals surface area (Å²) in [6.07, 6.45) is 2.88. The normalized spacial score (nSPS) is 12.0. The molecule has 3 N–H and O–H groups in total. The fourth-order valence-corrected chi connectivity index (χ4v) is 3.39. The molecule has 1 atom stereocenters. The van der Waals surface area contributed by atoms with Crippen molar-refractivity contribution >= 4 is 34.7 Å². The Hall–Kier alpha value is -2.51. The molecule has 2 aromatic heterocycles. The summed E-state index contributed by atoms with van der Waals surface area (Å²) in [5.74, 6) is -0.136. The third kappa shape index (κ3) is 3.94. The van der Waals surface area contributed by atoms with Gasteiger partial charge in [-0.2, -0.15) is 0 Å². The number of carbonyl (C=O) groups excluding carboxylic acids is 1. The van der Waals surface area contributed by atoms with E-state index in [-0.39, 0.29) is 11.7 Å². The van der Waals surface area contributed by atoms with Crippen LogP contribution in [0.1, 0.15) is 33.3 Å².